The number of hydrogen-bond acceptors (Lipinski definition) is 4. The summed E-state index contributed by atoms with van der Waals surface area (Å²) >= 11 is 0. The fourth-order valence-electron chi connectivity index (χ4n) is 3.09. The molecule has 1 aromatic heterocycles. The van der Waals surface area contributed by atoms with Crippen LogP contribution < -0.4 is 0 Å². The summed E-state index contributed by atoms with van der Waals surface area (Å²) in [4.78, 5) is 28.9. The first-order chi connectivity index (χ1) is 12.4. The van der Waals surface area contributed by atoms with Gasteiger partial charge in [-0.15, -0.1) is 0 Å². The second kappa shape index (κ2) is 7.32. The predicted molar refractivity (Wildman–Crippen MR) is 97.7 cm³/mol. The average molecular weight is 355 g/mol. The minimum Gasteiger partial charge on any atom is -0.360 e. The molecule has 1 aliphatic heterocycles. The highest BCUT2D eigenvalue weighted by atomic mass is 16.5. The molecule has 0 aliphatic carbocycles. The van der Waals surface area contributed by atoms with Crippen LogP contribution in [0.5, 0.6) is 0 Å². The van der Waals surface area contributed by atoms with Crippen molar-refractivity contribution in [1.82, 2.24) is 15.0 Å². The minimum absolute atomic E-state index is 0.0437. The molecule has 2 aromatic rings. The first kappa shape index (κ1) is 18.2. The monoisotopic (exact) mass is 355 g/mol. The summed E-state index contributed by atoms with van der Waals surface area (Å²) in [5.74, 6) is 0.536. The summed E-state index contributed by atoms with van der Waals surface area (Å²) in [5.41, 5.74) is 2.55. The summed E-state index contributed by atoms with van der Waals surface area (Å²) in [6.07, 6.45) is 0. The number of amides is 2. The van der Waals surface area contributed by atoms with Gasteiger partial charge in [0.05, 0.1) is 0 Å². The molecule has 1 atom stereocenters. The molecule has 0 radical (unpaired) electrons. The van der Waals surface area contributed by atoms with Crippen molar-refractivity contribution in [3.63, 3.8) is 0 Å². The SMILES string of the molecule is Cc1ccc(CN2CCN(C(=O)c3cc(C(C)C)on3)[C@H](C)C2=O)cc1. The van der Waals surface area contributed by atoms with Crippen LogP contribution in [0.3, 0.4) is 0 Å². The first-order valence-corrected chi connectivity index (χ1v) is 8.98. The zero-order valence-electron chi connectivity index (χ0n) is 15.7. The number of nitrogens with zero attached hydrogens (tertiary/aromatic N) is 3. The smallest absolute Gasteiger partial charge is 0.276 e. The molecule has 1 aromatic carbocycles. The maximum absolute atomic E-state index is 12.7. The van der Waals surface area contributed by atoms with Crippen LogP contribution in [0.4, 0.5) is 0 Å². The molecule has 26 heavy (non-hydrogen) atoms. The highest BCUT2D eigenvalue weighted by Crippen LogP contribution is 2.20. The van der Waals surface area contributed by atoms with Crippen molar-refractivity contribution in [3.05, 3.63) is 52.9 Å². The molecule has 6 nitrogen and oxygen atoms in total. The van der Waals surface area contributed by atoms with E-state index in [4.69, 9.17) is 4.52 Å². The molecule has 2 heterocycles. The van der Waals surface area contributed by atoms with E-state index in [0.717, 1.165) is 5.56 Å². The van der Waals surface area contributed by atoms with E-state index in [1.807, 2.05) is 49.9 Å². The largest absolute Gasteiger partial charge is 0.360 e. The Bertz CT molecular complexity index is 795. The summed E-state index contributed by atoms with van der Waals surface area (Å²) in [6, 6.07) is 9.31. The van der Waals surface area contributed by atoms with Gasteiger partial charge in [-0.3, -0.25) is 9.59 Å². The second-order valence-corrected chi connectivity index (χ2v) is 7.19. The van der Waals surface area contributed by atoms with Gasteiger partial charge in [0.2, 0.25) is 5.91 Å². The van der Waals surface area contributed by atoms with Gasteiger partial charge in [0.15, 0.2) is 5.69 Å². The van der Waals surface area contributed by atoms with E-state index in [-0.39, 0.29) is 23.4 Å². The third-order valence-electron chi connectivity index (χ3n) is 4.82. The van der Waals surface area contributed by atoms with E-state index < -0.39 is 6.04 Å². The zero-order chi connectivity index (χ0) is 18.8. The quantitative estimate of drug-likeness (QED) is 0.846. The Labute approximate surface area is 153 Å². The number of aryl methyl sites for hydroxylation is 1. The fraction of sp³-hybridized carbons (Fsp3) is 0.450. The third-order valence-corrected chi connectivity index (χ3v) is 4.82. The van der Waals surface area contributed by atoms with Crippen LogP contribution in [0.15, 0.2) is 34.9 Å². The van der Waals surface area contributed by atoms with Crippen LogP contribution in [0.25, 0.3) is 0 Å². The highest BCUT2D eigenvalue weighted by molar-refractivity contribution is 5.96. The Hall–Kier alpha value is -2.63. The predicted octanol–water partition coefficient (Wildman–Crippen LogP) is 2.98. The number of hydrogen-bond donors (Lipinski definition) is 0. The van der Waals surface area contributed by atoms with Crippen molar-refractivity contribution in [2.75, 3.05) is 13.1 Å². The van der Waals surface area contributed by atoms with Crippen LogP contribution in [-0.2, 0) is 11.3 Å². The molecule has 6 heteroatoms. The zero-order valence-corrected chi connectivity index (χ0v) is 15.7. The van der Waals surface area contributed by atoms with Gasteiger partial charge in [0.25, 0.3) is 5.91 Å². The molecular weight excluding hydrogens is 330 g/mol. The van der Waals surface area contributed by atoms with Crippen molar-refractivity contribution >= 4 is 11.8 Å². The van der Waals surface area contributed by atoms with Crippen LogP contribution >= 0.6 is 0 Å². The van der Waals surface area contributed by atoms with Crippen LogP contribution in [-0.4, -0.2) is 45.9 Å². The summed E-state index contributed by atoms with van der Waals surface area (Å²) in [5, 5.41) is 3.88. The summed E-state index contributed by atoms with van der Waals surface area (Å²) < 4.78 is 5.22. The van der Waals surface area contributed by atoms with Crippen molar-refractivity contribution in [3.8, 4) is 0 Å². The first-order valence-electron chi connectivity index (χ1n) is 8.98. The third kappa shape index (κ3) is 3.64. The van der Waals surface area contributed by atoms with E-state index >= 15 is 0 Å². The van der Waals surface area contributed by atoms with Crippen LogP contribution in [0.1, 0.15) is 54.1 Å². The number of benzene rings is 1. The van der Waals surface area contributed by atoms with Gasteiger partial charge in [-0.25, -0.2) is 0 Å². The van der Waals surface area contributed by atoms with Gasteiger partial charge in [-0.2, -0.15) is 0 Å². The minimum atomic E-state index is -0.513. The lowest BCUT2D eigenvalue weighted by Crippen LogP contribution is -2.57. The number of piperazine rings is 1. The molecular formula is C20H25N3O3. The standard InChI is InChI=1S/C20H25N3O3/c1-13(2)18-11-17(21-26-18)20(25)23-10-9-22(19(24)15(23)4)12-16-7-5-14(3)6-8-16/h5-8,11,13,15H,9-10,12H2,1-4H3/t15-/m1/s1. The van der Waals surface area contributed by atoms with Gasteiger partial charge in [0, 0.05) is 31.6 Å². The van der Waals surface area contributed by atoms with Gasteiger partial charge < -0.3 is 14.3 Å². The van der Waals surface area contributed by atoms with E-state index in [2.05, 4.69) is 5.16 Å². The maximum Gasteiger partial charge on any atom is 0.276 e. The fourth-order valence-corrected chi connectivity index (χ4v) is 3.09. The molecule has 138 valence electrons. The van der Waals surface area contributed by atoms with Gasteiger partial charge in [0.1, 0.15) is 11.8 Å². The van der Waals surface area contributed by atoms with E-state index in [1.165, 1.54) is 5.56 Å². The Morgan fingerprint density at radius 3 is 2.58 bits per heavy atom. The number of rotatable bonds is 4. The van der Waals surface area contributed by atoms with Gasteiger partial charge in [-0.05, 0) is 19.4 Å². The summed E-state index contributed by atoms with van der Waals surface area (Å²) in [7, 11) is 0. The number of aromatic nitrogens is 1. The average Bonchev–Trinajstić information content (AvgIpc) is 3.11. The van der Waals surface area contributed by atoms with Gasteiger partial charge >= 0.3 is 0 Å². The highest BCUT2D eigenvalue weighted by Gasteiger charge is 2.35. The lowest BCUT2D eigenvalue weighted by Gasteiger charge is -2.38. The Balaban J connectivity index is 1.68. The van der Waals surface area contributed by atoms with Crippen molar-refractivity contribution < 1.29 is 14.1 Å². The van der Waals surface area contributed by atoms with Crippen molar-refractivity contribution in [2.45, 2.75) is 46.2 Å². The molecule has 1 aliphatic rings. The lowest BCUT2D eigenvalue weighted by molar-refractivity contribution is -0.140. The van der Waals surface area contributed by atoms with E-state index in [0.29, 0.717) is 25.4 Å². The lowest BCUT2D eigenvalue weighted by atomic mass is 10.1. The molecule has 1 fully saturated rings. The molecule has 0 saturated carbocycles. The van der Waals surface area contributed by atoms with Crippen LogP contribution in [0.2, 0.25) is 0 Å². The molecule has 0 unspecified atom stereocenters. The molecule has 2 amide bonds. The number of carbonyl (C=O) groups excluding carboxylic acids is 2. The van der Waals surface area contributed by atoms with Crippen molar-refractivity contribution in [2.24, 2.45) is 0 Å². The Kier molecular flexibility index (Phi) is 5.11. The van der Waals surface area contributed by atoms with E-state index in [1.54, 1.807) is 17.9 Å². The molecule has 0 N–H and O–H groups in total. The van der Waals surface area contributed by atoms with Crippen molar-refractivity contribution in [1.29, 1.82) is 0 Å². The van der Waals surface area contributed by atoms with Crippen LogP contribution in [0, 0.1) is 6.92 Å². The van der Waals surface area contributed by atoms with E-state index in [9.17, 15) is 9.59 Å². The second-order valence-electron chi connectivity index (χ2n) is 7.19. The normalized spacial score (nSPS) is 17.9. The molecule has 0 bridgehead atoms. The van der Waals surface area contributed by atoms with Gasteiger partial charge in [-0.1, -0.05) is 48.8 Å². The number of carbonyl (C=O) groups is 2. The summed E-state index contributed by atoms with van der Waals surface area (Å²) in [6.45, 7) is 9.32. The molecule has 0 spiro atoms. The molecule has 1 saturated heterocycles. The topological polar surface area (TPSA) is 66.7 Å². The maximum atomic E-state index is 12.7. The molecule has 3 rings (SSSR count). The Morgan fingerprint density at radius 2 is 1.96 bits per heavy atom. The Morgan fingerprint density at radius 1 is 1.27 bits per heavy atom.